The van der Waals surface area contributed by atoms with Crippen molar-refractivity contribution in [1.82, 2.24) is 4.90 Å². The molecule has 0 spiro atoms. The van der Waals surface area contributed by atoms with Crippen LogP contribution in [0.15, 0.2) is 53.4 Å². The molecule has 1 amide bonds. The quantitative estimate of drug-likeness (QED) is 0.776. The molecule has 0 bridgehead atoms. The van der Waals surface area contributed by atoms with E-state index in [2.05, 4.69) is 43.3 Å². The van der Waals surface area contributed by atoms with E-state index in [1.807, 2.05) is 24.0 Å². The van der Waals surface area contributed by atoms with Crippen molar-refractivity contribution in [3.8, 4) is 5.75 Å². The molecular formula is C22H29N2O2S+. The summed E-state index contributed by atoms with van der Waals surface area (Å²) in [5, 5.41) is -0.0455. The number of ether oxygens (including phenoxy) is 1. The highest BCUT2D eigenvalue weighted by Gasteiger charge is 2.27. The number of quaternary nitrogens is 1. The zero-order valence-corrected chi connectivity index (χ0v) is 17.2. The van der Waals surface area contributed by atoms with E-state index in [4.69, 9.17) is 4.74 Å². The van der Waals surface area contributed by atoms with Gasteiger partial charge in [0.05, 0.1) is 38.5 Å². The zero-order chi connectivity index (χ0) is 19.2. The van der Waals surface area contributed by atoms with Crippen LogP contribution in [0.4, 0.5) is 0 Å². The second-order valence-corrected chi connectivity index (χ2v) is 8.59. The standard InChI is InChI=1S/C22H28N2O2S/c1-17-4-10-21(11-5-17)27-18(2)22(25)24-14-12-23(13-15-24)16-19-6-8-20(26-3)9-7-19/h4-11,18H,12-16H2,1-3H3/p+1/t18-/m1/s1. The fourth-order valence-corrected chi connectivity index (χ4v) is 4.33. The van der Waals surface area contributed by atoms with Gasteiger partial charge in [0.2, 0.25) is 5.91 Å². The molecular weight excluding hydrogens is 356 g/mol. The molecule has 144 valence electrons. The lowest BCUT2D eigenvalue weighted by Gasteiger charge is -2.33. The summed E-state index contributed by atoms with van der Waals surface area (Å²) in [7, 11) is 1.69. The number of rotatable bonds is 6. The molecule has 1 atom stereocenters. The number of hydrogen-bond donors (Lipinski definition) is 1. The summed E-state index contributed by atoms with van der Waals surface area (Å²) in [5.41, 5.74) is 2.56. The van der Waals surface area contributed by atoms with Gasteiger partial charge in [0.15, 0.2) is 0 Å². The molecule has 0 unspecified atom stereocenters. The fourth-order valence-electron chi connectivity index (χ4n) is 3.38. The Morgan fingerprint density at radius 2 is 1.74 bits per heavy atom. The highest BCUT2D eigenvalue weighted by atomic mass is 32.2. The molecule has 3 rings (SSSR count). The molecule has 1 N–H and O–H groups in total. The van der Waals surface area contributed by atoms with Gasteiger partial charge in [0.1, 0.15) is 12.3 Å². The van der Waals surface area contributed by atoms with Crippen LogP contribution < -0.4 is 9.64 Å². The fraction of sp³-hybridized carbons (Fsp3) is 0.409. The molecule has 4 nitrogen and oxygen atoms in total. The molecule has 1 heterocycles. The summed E-state index contributed by atoms with van der Waals surface area (Å²) in [6, 6.07) is 16.7. The Labute approximate surface area is 166 Å². The van der Waals surface area contributed by atoms with Crippen LogP contribution in [-0.4, -0.2) is 49.3 Å². The van der Waals surface area contributed by atoms with Crippen LogP contribution in [0.1, 0.15) is 18.1 Å². The molecule has 0 radical (unpaired) electrons. The highest BCUT2D eigenvalue weighted by molar-refractivity contribution is 8.00. The lowest BCUT2D eigenvalue weighted by Crippen LogP contribution is -3.13. The molecule has 2 aromatic carbocycles. The maximum atomic E-state index is 12.8. The average Bonchev–Trinajstić information content (AvgIpc) is 2.70. The first-order chi connectivity index (χ1) is 13.0. The first-order valence-electron chi connectivity index (χ1n) is 9.54. The van der Waals surface area contributed by atoms with E-state index < -0.39 is 0 Å². The molecule has 1 aliphatic rings. The average molecular weight is 386 g/mol. The maximum absolute atomic E-state index is 12.8. The number of benzene rings is 2. The van der Waals surface area contributed by atoms with E-state index in [1.54, 1.807) is 18.9 Å². The Bertz CT molecular complexity index is 738. The number of nitrogens with one attached hydrogen (secondary N) is 1. The lowest BCUT2D eigenvalue weighted by atomic mass is 10.2. The van der Waals surface area contributed by atoms with E-state index in [9.17, 15) is 4.79 Å². The zero-order valence-electron chi connectivity index (χ0n) is 16.4. The SMILES string of the molecule is COc1ccc(C[NH+]2CCN(C(=O)[C@@H](C)Sc3ccc(C)cc3)CC2)cc1. The molecule has 2 aromatic rings. The van der Waals surface area contributed by atoms with Crippen LogP contribution in [0.25, 0.3) is 0 Å². The number of aryl methyl sites for hydroxylation is 1. The number of thioether (sulfide) groups is 1. The van der Waals surface area contributed by atoms with Gasteiger partial charge >= 0.3 is 0 Å². The lowest BCUT2D eigenvalue weighted by molar-refractivity contribution is -0.917. The van der Waals surface area contributed by atoms with Gasteiger partial charge in [-0.25, -0.2) is 0 Å². The summed E-state index contributed by atoms with van der Waals surface area (Å²) >= 11 is 1.65. The van der Waals surface area contributed by atoms with Gasteiger partial charge in [-0.2, -0.15) is 0 Å². The summed E-state index contributed by atoms with van der Waals surface area (Å²) in [6.45, 7) is 8.77. The molecule has 1 fully saturated rings. The van der Waals surface area contributed by atoms with Gasteiger partial charge in [-0.05, 0) is 50.2 Å². The largest absolute Gasteiger partial charge is 0.497 e. The molecule has 0 aromatic heterocycles. The van der Waals surface area contributed by atoms with E-state index in [1.165, 1.54) is 16.0 Å². The third-order valence-corrected chi connectivity index (χ3v) is 6.18. The minimum absolute atomic E-state index is 0.0455. The predicted octanol–water partition coefficient (Wildman–Crippen LogP) is 2.41. The van der Waals surface area contributed by atoms with Crippen molar-refractivity contribution in [3.05, 3.63) is 59.7 Å². The van der Waals surface area contributed by atoms with Crippen LogP contribution in [0.3, 0.4) is 0 Å². The third-order valence-electron chi connectivity index (χ3n) is 5.08. The molecule has 1 aliphatic heterocycles. The normalized spacial score (nSPS) is 16.2. The molecule has 0 saturated carbocycles. The smallest absolute Gasteiger partial charge is 0.236 e. The topological polar surface area (TPSA) is 34.0 Å². The van der Waals surface area contributed by atoms with Crippen LogP contribution in [0, 0.1) is 6.92 Å². The second kappa shape index (κ2) is 9.29. The number of carbonyl (C=O) groups excluding carboxylic acids is 1. The monoisotopic (exact) mass is 385 g/mol. The summed E-state index contributed by atoms with van der Waals surface area (Å²) in [5.74, 6) is 1.15. The molecule has 27 heavy (non-hydrogen) atoms. The minimum Gasteiger partial charge on any atom is -0.497 e. The van der Waals surface area contributed by atoms with E-state index in [0.29, 0.717) is 0 Å². The number of hydrogen-bond acceptors (Lipinski definition) is 3. The van der Waals surface area contributed by atoms with Crippen molar-refractivity contribution in [2.24, 2.45) is 0 Å². The number of carbonyl (C=O) groups is 1. The van der Waals surface area contributed by atoms with Crippen molar-refractivity contribution in [3.63, 3.8) is 0 Å². The van der Waals surface area contributed by atoms with Gasteiger partial charge in [0.25, 0.3) is 0 Å². The van der Waals surface area contributed by atoms with Crippen LogP contribution in [0.2, 0.25) is 0 Å². The summed E-state index contributed by atoms with van der Waals surface area (Å²) < 4.78 is 5.22. The summed E-state index contributed by atoms with van der Waals surface area (Å²) in [6.07, 6.45) is 0. The van der Waals surface area contributed by atoms with E-state index >= 15 is 0 Å². The summed E-state index contributed by atoms with van der Waals surface area (Å²) in [4.78, 5) is 17.5. The molecule has 0 aliphatic carbocycles. The van der Waals surface area contributed by atoms with Crippen LogP contribution in [0.5, 0.6) is 5.75 Å². The van der Waals surface area contributed by atoms with Gasteiger partial charge in [-0.3, -0.25) is 4.79 Å². The molecule has 5 heteroatoms. The Morgan fingerprint density at radius 3 is 2.33 bits per heavy atom. The minimum atomic E-state index is -0.0455. The van der Waals surface area contributed by atoms with E-state index in [0.717, 1.165) is 43.4 Å². The van der Waals surface area contributed by atoms with Gasteiger partial charge in [-0.15, -0.1) is 11.8 Å². The first-order valence-corrected chi connectivity index (χ1v) is 10.4. The Hall–Kier alpha value is -1.98. The number of amides is 1. The van der Waals surface area contributed by atoms with Crippen molar-refractivity contribution in [2.75, 3.05) is 33.3 Å². The number of piperazine rings is 1. The first kappa shape index (κ1) is 19.8. The maximum Gasteiger partial charge on any atom is 0.236 e. The second-order valence-electron chi connectivity index (χ2n) is 7.17. The van der Waals surface area contributed by atoms with Crippen molar-refractivity contribution in [1.29, 1.82) is 0 Å². The van der Waals surface area contributed by atoms with Crippen LogP contribution >= 0.6 is 11.8 Å². The predicted molar refractivity (Wildman–Crippen MR) is 110 cm³/mol. The van der Waals surface area contributed by atoms with Crippen molar-refractivity contribution < 1.29 is 14.4 Å². The van der Waals surface area contributed by atoms with Crippen molar-refractivity contribution >= 4 is 17.7 Å². The van der Waals surface area contributed by atoms with Gasteiger partial charge in [-0.1, -0.05) is 17.7 Å². The third kappa shape index (κ3) is 5.50. The van der Waals surface area contributed by atoms with Crippen LogP contribution in [-0.2, 0) is 11.3 Å². The van der Waals surface area contributed by atoms with E-state index in [-0.39, 0.29) is 11.2 Å². The molecule has 1 saturated heterocycles. The number of nitrogens with zero attached hydrogens (tertiary/aromatic N) is 1. The highest BCUT2D eigenvalue weighted by Crippen LogP contribution is 2.24. The number of methoxy groups -OCH3 is 1. The van der Waals surface area contributed by atoms with Gasteiger partial charge < -0.3 is 14.5 Å². The van der Waals surface area contributed by atoms with Gasteiger partial charge in [0, 0.05) is 10.5 Å². The van der Waals surface area contributed by atoms with Crippen molar-refractivity contribution in [2.45, 2.75) is 30.5 Å². The Kier molecular flexibility index (Phi) is 6.80. The Morgan fingerprint density at radius 1 is 1.11 bits per heavy atom. The Balaban J connectivity index is 1.47.